The van der Waals surface area contributed by atoms with Crippen molar-refractivity contribution in [3.05, 3.63) is 60.2 Å². The highest BCUT2D eigenvalue weighted by Crippen LogP contribution is 2.41. The number of benzene rings is 3. The van der Waals surface area contributed by atoms with Crippen molar-refractivity contribution in [1.29, 1.82) is 0 Å². The summed E-state index contributed by atoms with van der Waals surface area (Å²) in [5.74, 6) is -0.138. The van der Waals surface area contributed by atoms with Crippen molar-refractivity contribution in [3.8, 4) is 0 Å². The number of esters is 1. The van der Waals surface area contributed by atoms with E-state index in [4.69, 9.17) is 4.74 Å². The fourth-order valence-corrected chi connectivity index (χ4v) is 3.37. The molecule has 0 fully saturated rings. The Morgan fingerprint density at radius 2 is 1.35 bits per heavy atom. The minimum absolute atomic E-state index is 0.138. The maximum absolute atomic E-state index is 12.9. The van der Waals surface area contributed by atoms with E-state index >= 15 is 0 Å². The number of hydrogen-bond acceptors (Lipinski definition) is 2. The van der Waals surface area contributed by atoms with Gasteiger partial charge in [-0.15, -0.1) is 0 Å². The Hall–Kier alpha value is -2.35. The highest BCUT2D eigenvalue weighted by atomic mass is 16.6. The first-order chi connectivity index (χ1) is 12.3. The Bertz CT molecular complexity index is 901. The normalized spacial score (nSPS) is 14.3. The summed E-state index contributed by atoms with van der Waals surface area (Å²) >= 11 is 0. The summed E-state index contributed by atoms with van der Waals surface area (Å²) in [5, 5.41) is 4.65. The van der Waals surface area contributed by atoms with Gasteiger partial charge in [0, 0.05) is 5.56 Å². The maximum Gasteiger partial charge on any atom is 0.312 e. The van der Waals surface area contributed by atoms with Crippen molar-refractivity contribution in [2.24, 2.45) is 5.41 Å². The van der Waals surface area contributed by atoms with Crippen LogP contribution in [0.25, 0.3) is 21.5 Å². The second-order valence-corrected chi connectivity index (χ2v) is 7.91. The van der Waals surface area contributed by atoms with E-state index in [2.05, 4.69) is 61.5 Å². The molecule has 0 saturated heterocycles. The van der Waals surface area contributed by atoms with Gasteiger partial charge < -0.3 is 4.74 Å². The molecule has 2 nitrogen and oxygen atoms in total. The van der Waals surface area contributed by atoms with E-state index in [1.165, 1.54) is 10.8 Å². The van der Waals surface area contributed by atoms with Crippen molar-refractivity contribution < 1.29 is 9.53 Å². The summed E-state index contributed by atoms with van der Waals surface area (Å²) in [5.41, 5.74) is -0.0604. The van der Waals surface area contributed by atoms with E-state index in [1.807, 2.05) is 27.7 Å². The molecule has 0 aliphatic rings. The highest BCUT2D eigenvalue weighted by molar-refractivity contribution is 6.03. The van der Waals surface area contributed by atoms with Gasteiger partial charge in [-0.05, 0) is 61.2 Å². The Kier molecular flexibility index (Phi) is 4.79. The zero-order valence-corrected chi connectivity index (χ0v) is 16.4. The third kappa shape index (κ3) is 3.09. The largest absolute Gasteiger partial charge is 0.454 e. The van der Waals surface area contributed by atoms with Crippen LogP contribution in [-0.4, -0.2) is 5.97 Å². The van der Waals surface area contributed by atoms with E-state index in [0.29, 0.717) is 0 Å². The molecule has 3 rings (SSSR count). The van der Waals surface area contributed by atoms with E-state index in [0.717, 1.165) is 29.2 Å². The predicted molar refractivity (Wildman–Crippen MR) is 109 cm³/mol. The molecular formula is C24H28O2. The molecule has 0 heterocycles. The molecule has 136 valence electrons. The first-order valence-electron chi connectivity index (χ1n) is 9.47. The number of carbonyl (C=O) groups excluding carboxylic acids is 1. The van der Waals surface area contributed by atoms with Gasteiger partial charge in [-0.25, -0.2) is 0 Å². The molecule has 0 radical (unpaired) electrons. The number of ether oxygens (including phenoxy) is 1. The number of fused-ring (bicyclic) bond motifs is 2. The zero-order chi connectivity index (χ0) is 18.9. The lowest BCUT2D eigenvalue weighted by atomic mass is 9.83. The van der Waals surface area contributed by atoms with Gasteiger partial charge in [0.25, 0.3) is 0 Å². The van der Waals surface area contributed by atoms with Gasteiger partial charge in [-0.2, -0.15) is 0 Å². The third-order valence-electron chi connectivity index (χ3n) is 5.73. The standard InChI is InChI=1S/C24H28O2/c1-6-23(3,4)22(25)26-24(5,7-2)21-19-14-10-8-12-17(19)16-18-13-9-11-15-20(18)21/h8-16H,6-7H2,1-5H3. The van der Waals surface area contributed by atoms with Gasteiger partial charge in [0.05, 0.1) is 5.41 Å². The number of carbonyl (C=O) groups is 1. The molecule has 26 heavy (non-hydrogen) atoms. The van der Waals surface area contributed by atoms with Crippen LogP contribution in [0.3, 0.4) is 0 Å². The first kappa shape index (κ1) is 18.4. The van der Waals surface area contributed by atoms with Crippen LogP contribution in [0.2, 0.25) is 0 Å². The summed E-state index contributed by atoms with van der Waals surface area (Å²) in [6, 6.07) is 18.9. The van der Waals surface area contributed by atoms with Crippen LogP contribution < -0.4 is 0 Å². The van der Waals surface area contributed by atoms with Crippen molar-refractivity contribution in [2.75, 3.05) is 0 Å². The molecule has 0 saturated carbocycles. The summed E-state index contributed by atoms with van der Waals surface area (Å²) < 4.78 is 6.21. The molecule has 0 aromatic heterocycles. The van der Waals surface area contributed by atoms with E-state index in [9.17, 15) is 4.79 Å². The number of rotatable bonds is 5. The maximum atomic E-state index is 12.9. The Morgan fingerprint density at radius 1 is 0.846 bits per heavy atom. The van der Waals surface area contributed by atoms with Crippen LogP contribution >= 0.6 is 0 Å². The quantitative estimate of drug-likeness (QED) is 0.383. The molecular weight excluding hydrogens is 320 g/mol. The second-order valence-electron chi connectivity index (χ2n) is 7.91. The minimum Gasteiger partial charge on any atom is -0.454 e. The smallest absolute Gasteiger partial charge is 0.312 e. The molecule has 0 aliphatic heterocycles. The van der Waals surface area contributed by atoms with Crippen LogP contribution in [0.5, 0.6) is 0 Å². The minimum atomic E-state index is -0.677. The molecule has 0 spiro atoms. The van der Waals surface area contributed by atoms with Crippen molar-refractivity contribution in [1.82, 2.24) is 0 Å². The molecule has 3 aromatic carbocycles. The summed E-state index contributed by atoms with van der Waals surface area (Å²) in [4.78, 5) is 12.9. The fourth-order valence-electron chi connectivity index (χ4n) is 3.37. The van der Waals surface area contributed by atoms with E-state index < -0.39 is 11.0 Å². The highest BCUT2D eigenvalue weighted by Gasteiger charge is 2.37. The second kappa shape index (κ2) is 6.75. The lowest BCUT2D eigenvalue weighted by Gasteiger charge is -2.34. The zero-order valence-electron chi connectivity index (χ0n) is 16.4. The van der Waals surface area contributed by atoms with Gasteiger partial charge >= 0.3 is 5.97 Å². The van der Waals surface area contributed by atoms with Crippen LogP contribution in [0, 0.1) is 5.41 Å². The van der Waals surface area contributed by atoms with Crippen molar-refractivity contribution >= 4 is 27.5 Å². The summed E-state index contributed by atoms with van der Waals surface area (Å²) in [7, 11) is 0. The van der Waals surface area contributed by atoms with Crippen LogP contribution in [-0.2, 0) is 15.1 Å². The van der Waals surface area contributed by atoms with Crippen LogP contribution in [0.1, 0.15) is 53.0 Å². The topological polar surface area (TPSA) is 26.3 Å². The lowest BCUT2D eigenvalue weighted by molar-refractivity contribution is -0.170. The summed E-state index contributed by atoms with van der Waals surface area (Å²) in [6.07, 6.45) is 1.47. The molecule has 3 aromatic rings. The Balaban J connectivity index is 2.27. The third-order valence-corrected chi connectivity index (χ3v) is 5.73. The van der Waals surface area contributed by atoms with Crippen LogP contribution in [0.4, 0.5) is 0 Å². The summed E-state index contributed by atoms with van der Waals surface area (Å²) in [6.45, 7) is 10.1. The average Bonchev–Trinajstić information content (AvgIpc) is 2.65. The van der Waals surface area contributed by atoms with Gasteiger partial charge in [0.1, 0.15) is 5.60 Å². The fraction of sp³-hybridized carbons (Fsp3) is 0.375. The lowest BCUT2D eigenvalue weighted by Crippen LogP contribution is -2.35. The van der Waals surface area contributed by atoms with Crippen molar-refractivity contribution in [2.45, 2.75) is 53.1 Å². The number of hydrogen-bond donors (Lipinski definition) is 0. The van der Waals surface area contributed by atoms with Gasteiger partial charge in [0.2, 0.25) is 0 Å². The molecule has 0 aliphatic carbocycles. The first-order valence-corrected chi connectivity index (χ1v) is 9.47. The van der Waals surface area contributed by atoms with Gasteiger partial charge in [-0.1, -0.05) is 62.4 Å². The molecule has 0 N–H and O–H groups in total. The molecule has 0 bridgehead atoms. The average molecular weight is 348 g/mol. The van der Waals surface area contributed by atoms with Gasteiger partial charge in [0.15, 0.2) is 0 Å². The van der Waals surface area contributed by atoms with E-state index in [-0.39, 0.29) is 5.97 Å². The molecule has 0 amide bonds. The Labute approximate surface area is 156 Å². The predicted octanol–water partition coefficient (Wildman–Crippen LogP) is 6.60. The monoisotopic (exact) mass is 348 g/mol. The molecule has 2 heteroatoms. The molecule has 1 atom stereocenters. The molecule has 1 unspecified atom stereocenters. The van der Waals surface area contributed by atoms with Crippen molar-refractivity contribution in [3.63, 3.8) is 0 Å². The SMILES string of the molecule is CCC(C)(C)C(=O)OC(C)(CC)c1c2ccccc2cc2ccccc12. The van der Waals surface area contributed by atoms with E-state index in [1.54, 1.807) is 0 Å². The van der Waals surface area contributed by atoms with Crippen LogP contribution in [0.15, 0.2) is 54.6 Å². The Morgan fingerprint density at radius 3 is 1.81 bits per heavy atom. The van der Waals surface area contributed by atoms with Gasteiger partial charge in [-0.3, -0.25) is 4.79 Å².